The normalized spacial score (nSPS) is 9.88. The van der Waals surface area contributed by atoms with Crippen LogP contribution in [0.5, 0.6) is 0 Å². The lowest BCUT2D eigenvalue weighted by Crippen LogP contribution is -2.13. The average molecular weight is 250 g/mol. The zero-order valence-electron chi connectivity index (χ0n) is 8.32. The molecule has 86 valence electrons. The molecule has 0 radical (unpaired) electrons. The highest BCUT2D eigenvalue weighted by Crippen LogP contribution is 2.15. The fraction of sp³-hybridized carbons (Fsp3) is 0. The minimum Gasteiger partial charge on any atom is -0.476 e. The van der Waals surface area contributed by atoms with Crippen LogP contribution in [-0.2, 0) is 0 Å². The highest BCUT2D eigenvalue weighted by Gasteiger charge is 2.12. The van der Waals surface area contributed by atoms with Gasteiger partial charge in [-0.15, -0.1) is 11.3 Å². The molecule has 2 aromatic heterocycles. The van der Waals surface area contributed by atoms with Crippen LogP contribution in [0.3, 0.4) is 0 Å². The summed E-state index contributed by atoms with van der Waals surface area (Å²) in [6.07, 6.45) is 4.14. The van der Waals surface area contributed by atoms with Gasteiger partial charge in [-0.2, -0.15) is 0 Å². The SMILES string of the molecule is O=C(O)c1csc(NC(=O)c2cnccn2)n1. The monoisotopic (exact) mass is 250 g/mol. The van der Waals surface area contributed by atoms with Crippen LogP contribution in [-0.4, -0.2) is 31.9 Å². The van der Waals surface area contributed by atoms with Crippen molar-refractivity contribution in [2.24, 2.45) is 0 Å². The van der Waals surface area contributed by atoms with Gasteiger partial charge < -0.3 is 5.11 Å². The molecule has 0 aliphatic heterocycles. The average Bonchev–Trinajstić information content (AvgIpc) is 2.79. The van der Waals surface area contributed by atoms with Crippen LogP contribution >= 0.6 is 11.3 Å². The summed E-state index contributed by atoms with van der Waals surface area (Å²) in [4.78, 5) is 33.4. The predicted molar refractivity (Wildman–Crippen MR) is 59.1 cm³/mol. The van der Waals surface area contributed by atoms with Crippen molar-refractivity contribution in [2.75, 3.05) is 5.32 Å². The Morgan fingerprint density at radius 1 is 1.29 bits per heavy atom. The summed E-state index contributed by atoms with van der Waals surface area (Å²) < 4.78 is 0. The maximum absolute atomic E-state index is 11.6. The van der Waals surface area contributed by atoms with Crippen LogP contribution in [0.2, 0.25) is 0 Å². The van der Waals surface area contributed by atoms with Crippen molar-refractivity contribution in [3.05, 3.63) is 35.4 Å². The molecule has 7 nitrogen and oxygen atoms in total. The standard InChI is InChI=1S/C9H6N4O3S/c14-7(5-3-10-1-2-11-5)13-9-12-6(4-17-9)8(15)16/h1-4H,(H,15,16)(H,12,13,14). The van der Waals surface area contributed by atoms with E-state index in [1.165, 1.54) is 24.0 Å². The van der Waals surface area contributed by atoms with Gasteiger partial charge in [0.25, 0.3) is 5.91 Å². The first kappa shape index (κ1) is 11.1. The summed E-state index contributed by atoms with van der Waals surface area (Å²) in [5, 5.41) is 12.6. The van der Waals surface area contributed by atoms with Gasteiger partial charge in [-0.05, 0) is 0 Å². The second-order valence-electron chi connectivity index (χ2n) is 2.89. The molecular weight excluding hydrogens is 244 g/mol. The maximum Gasteiger partial charge on any atom is 0.355 e. The van der Waals surface area contributed by atoms with E-state index in [4.69, 9.17) is 5.11 Å². The van der Waals surface area contributed by atoms with Gasteiger partial charge in [0.1, 0.15) is 5.69 Å². The van der Waals surface area contributed by atoms with Gasteiger partial charge in [0.15, 0.2) is 10.8 Å². The Kier molecular flexibility index (Phi) is 3.06. The van der Waals surface area contributed by atoms with E-state index in [1.54, 1.807) is 0 Å². The number of aromatic carboxylic acids is 1. The number of carbonyl (C=O) groups is 2. The predicted octanol–water partition coefficient (Wildman–Crippen LogP) is 0.884. The zero-order chi connectivity index (χ0) is 12.3. The van der Waals surface area contributed by atoms with Crippen molar-refractivity contribution >= 4 is 28.3 Å². The molecule has 2 N–H and O–H groups in total. The molecule has 0 aliphatic rings. The number of anilines is 1. The summed E-state index contributed by atoms with van der Waals surface area (Å²) in [7, 11) is 0. The van der Waals surface area contributed by atoms with E-state index in [-0.39, 0.29) is 16.5 Å². The molecule has 0 atom stereocenters. The van der Waals surface area contributed by atoms with Crippen molar-refractivity contribution in [3.8, 4) is 0 Å². The Balaban J connectivity index is 2.11. The van der Waals surface area contributed by atoms with E-state index in [9.17, 15) is 9.59 Å². The summed E-state index contributed by atoms with van der Waals surface area (Å²) in [6, 6.07) is 0. The molecule has 2 heterocycles. The van der Waals surface area contributed by atoms with Crippen LogP contribution in [0.15, 0.2) is 24.0 Å². The molecular formula is C9H6N4O3S. The minimum absolute atomic E-state index is 0.107. The summed E-state index contributed by atoms with van der Waals surface area (Å²) in [5.74, 6) is -1.62. The summed E-state index contributed by atoms with van der Waals surface area (Å²) in [5.41, 5.74) is 0.0315. The molecule has 1 amide bonds. The Morgan fingerprint density at radius 2 is 2.12 bits per heavy atom. The Labute approximate surface area is 99.2 Å². The first-order valence-corrected chi connectivity index (χ1v) is 5.31. The number of nitrogens with one attached hydrogen (secondary N) is 1. The quantitative estimate of drug-likeness (QED) is 0.837. The highest BCUT2D eigenvalue weighted by molar-refractivity contribution is 7.14. The molecule has 2 rings (SSSR count). The fourth-order valence-corrected chi connectivity index (χ4v) is 1.69. The molecule has 0 fully saturated rings. The number of aromatic nitrogens is 3. The molecule has 0 aromatic carbocycles. The van der Waals surface area contributed by atoms with E-state index >= 15 is 0 Å². The molecule has 0 spiro atoms. The van der Waals surface area contributed by atoms with E-state index in [0.717, 1.165) is 11.3 Å². The largest absolute Gasteiger partial charge is 0.476 e. The Morgan fingerprint density at radius 3 is 2.71 bits per heavy atom. The van der Waals surface area contributed by atoms with Crippen molar-refractivity contribution < 1.29 is 14.7 Å². The lowest BCUT2D eigenvalue weighted by atomic mass is 10.4. The van der Waals surface area contributed by atoms with Gasteiger partial charge in [-0.3, -0.25) is 15.1 Å². The van der Waals surface area contributed by atoms with Gasteiger partial charge in [-0.1, -0.05) is 0 Å². The number of carbonyl (C=O) groups excluding carboxylic acids is 1. The third-order valence-electron chi connectivity index (χ3n) is 1.74. The van der Waals surface area contributed by atoms with Crippen molar-refractivity contribution in [1.82, 2.24) is 15.0 Å². The maximum atomic E-state index is 11.6. The molecule has 17 heavy (non-hydrogen) atoms. The van der Waals surface area contributed by atoms with Crippen LogP contribution in [0.25, 0.3) is 0 Å². The third kappa shape index (κ3) is 2.61. The number of thiazole rings is 1. The smallest absolute Gasteiger partial charge is 0.355 e. The highest BCUT2D eigenvalue weighted by atomic mass is 32.1. The van der Waals surface area contributed by atoms with Gasteiger partial charge >= 0.3 is 5.97 Å². The molecule has 2 aromatic rings. The molecule has 0 unspecified atom stereocenters. The number of carboxylic acids is 1. The van der Waals surface area contributed by atoms with E-state index in [0.29, 0.717) is 0 Å². The number of nitrogens with zero attached hydrogens (tertiary/aromatic N) is 3. The number of hydrogen-bond donors (Lipinski definition) is 2. The number of carboxylic acid groups (broad SMARTS) is 1. The second-order valence-corrected chi connectivity index (χ2v) is 3.75. The Hall–Kier alpha value is -2.35. The number of rotatable bonds is 3. The summed E-state index contributed by atoms with van der Waals surface area (Å²) in [6.45, 7) is 0. The van der Waals surface area contributed by atoms with Gasteiger partial charge in [0.05, 0.1) is 6.20 Å². The van der Waals surface area contributed by atoms with Crippen molar-refractivity contribution in [1.29, 1.82) is 0 Å². The van der Waals surface area contributed by atoms with Crippen molar-refractivity contribution in [2.45, 2.75) is 0 Å². The Bertz CT molecular complexity index is 554. The molecule has 0 aliphatic carbocycles. The number of hydrogen-bond acceptors (Lipinski definition) is 6. The summed E-state index contributed by atoms with van der Waals surface area (Å²) >= 11 is 1.03. The first-order valence-electron chi connectivity index (χ1n) is 4.43. The lowest BCUT2D eigenvalue weighted by molar-refractivity contribution is 0.0691. The van der Waals surface area contributed by atoms with Gasteiger partial charge in [0, 0.05) is 17.8 Å². The molecule has 8 heteroatoms. The third-order valence-corrected chi connectivity index (χ3v) is 2.50. The van der Waals surface area contributed by atoms with E-state index in [1.807, 2.05) is 0 Å². The van der Waals surface area contributed by atoms with E-state index in [2.05, 4.69) is 20.3 Å². The fourth-order valence-electron chi connectivity index (χ4n) is 1.01. The van der Waals surface area contributed by atoms with E-state index < -0.39 is 11.9 Å². The second kappa shape index (κ2) is 4.66. The van der Waals surface area contributed by atoms with Crippen LogP contribution in [0.1, 0.15) is 21.0 Å². The molecule has 0 saturated heterocycles. The van der Waals surface area contributed by atoms with Crippen LogP contribution in [0, 0.1) is 0 Å². The first-order chi connectivity index (χ1) is 8.16. The molecule has 0 bridgehead atoms. The van der Waals surface area contributed by atoms with Crippen molar-refractivity contribution in [3.63, 3.8) is 0 Å². The van der Waals surface area contributed by atoms with Crippen LogP contribution < -0.4 is 5.32 Å². The minimum atomic E-state index is -1.14. The van der Waals surface area contributed by atoms with Gasteiger partial charge in [0.2, 0.25) is 0 Å². The van der Waals surface area contributed by atoms with Crippen LogP contribution in [0.4, 0.5) is 5.13 Å². The zero-order valence-corrected chi connectivity index (χ0v) is 9.14. The topological polar surface area (TPSA) is 105 Å². The molecule has 0 saturated carbocycles. The lowest BCUT2D eigenvalue weighted by Gasteiger charge is -1.98. The van der Waals surface area contributed by atoms with Gasteiger partial charge in [-0.25, -0.2) is 14.8 Å². The number of amides is 1.